The van der Waals surface area contributed by atoms with Crippen LogP contribution in [-0.4, -0.2) is 32.5 Å². The summed E-state index contributed by atoms with van der Waals surface area (Å²) in [5, 5.41) is 3.23. The number of amides is 1. The van der Waals surface area contributed by atoms with E-state index in [9.17, 15) is 13.6 Å². The lowest BCUT2D eigenvalue weighted by atomic mass is 10.2. The SMILES string of the molecule is COc1ccc(Cl)cc1NC(=O)CSCc1ccc(OC(F)F)c(OC)c1. The van der Waals surface area contributed by atoms with Crippen LogP contribution in [-0.2, 0) is 10.5 Å². The van der Waals surface area contributed by atoms with Crippen molar-refractivity contribution in [2.45, 2.75) is 12.4 Å². The molecule has 0 atom stereocenters. The van der Waals surface area contributed by atoms with E-state index in [2.05, 4.69) is 10.1 Å². The fourth-order valence-electron chi connectivity index (χ4n) is 2.22. The van der Waals surface area contributed by atoms with E-state index in [1.165, 1.54) is 32.0 Å². The topological polar surface area (TPSA) is 56.8 Å². The number of nitrogens with one attached hydrogen (secondary N) is 1. The fourth-order valence-corrected chi connectivity index (χ4v) is 3.17. The summed E-state index contributed by atoms with van der Waals surface area (Å²) in [5.41, 5.74) is 1.30. The fraction of sp³-hybridized carbons (Fsp3) is 0.278. The maximum Gasteiger partial charge on any atom is 0.387 e. The molecule has 0 fully saturated rings. The third-order valence-electron chi connectivity index (χ3n) is 3.38. The second-order valence-electron chi connectivity index (χ2n) is 5.25. The van der Waals surface area contributed by atoms with Crippen LogP contribution in [0.4, 0.5) is 14.5 Å². The van der Waals surface area contributed by atoms with Gasteiger partial charge in [-0.1, -0.05) is 17.7 Å². The van der Waals surface area contributed by atoms with Gasteiger partial charge in [-0.15, -0.1) is 11.8 Å². The predicted octanol–water partition coefficient (Wildman–Crippen LogP) is 4.83. The quantitative estimate of drug-likeness (QED) is 0.633. The Bertz CT molecular complexity index is 792. The molecule has 0 aromatic heterocycles. The molecule has 146 valence electrons. The number of carbonyl (C=O) groups is 1. The number of hydrogen-bond donors (Lipinski definition) is 1. The van der Waals surface area contributed by atoms with Gasteiger partial charge < -0.3 is 19.5 Å². The summed E-state index contributed by atoms with van der Waals surface area (Å²) < 4.78 is 39.3. The summed E-state index contributed by atoms with van der Waals surface area (Å²) in [6.45, 7) is -2.92. The molecule has 0 aliphatic rings. The zero-order valence-electron chi connectivity index (χ0n) is 14.6. The average Bonchev–Trinajstić information content (AvgIpc) is 2.62. The number of carbonyl (C=O) groups excluding carboxylic acids is 1. The van der Waals surface area contributed by atoms with Crippen molar-refractivity contribution in [3.63, 3.8) is 0 Å². The second kappa shape index (κ2) is 10.2. The smallest absolute Gasteiger partial charge is 0.387 e. The van der Waals surface area contributed by atoms with Crippen LogP contribution in [0.5, 0.6) is 17.2 Å². The Balaban J connectivity index is 1.90. The summed E-state index contributed by atoms with van der Waals surface area (Å²) in [6.07, 6.45) is 0. The van der Waals surface area contributed by atoms with Gasteiger partial charge in [-0.2, -0.15) is 8.78 Å². The molecule has 2 aromatic carbocycles. The van der Waals surface area contributed by atoms with Crippen LogP contribution in [0.25, 0.3) is 0 Å². The highest BCUT2D eigenvalue weighted by Gasteiger charge is 2.12. The lowest BCUT2D eigenvalue weighted by molar-refractivity contribution is -0.113. The standard InChI is InChI=1S/C18H18ClF2NO4S/c1-24-14-6-4-12(19)8-13(14)22-17(23)10-27-9-11-3-5-15(26-18(20)21)16(7-11)25-2/h3-8,18H,9-10H2,1-2H3,(H,22,23). The van der Waals surface area contributed by atoms with Crippen LogP contribution < -0.4 is 19.5 Å². The molecule has 27 heavy (non-hydrogen) atoms. The third kappa shape index (κ3) is 6.48. The molecule has 2 aromatic rings. The molecule has 0 heterocycles. The van der Waals surface area contributed by atoms with Gasteiger partial charge in [0, 0.05) is 10.8 Å². The lowest BCUT2D eigenvalue weighted by Gasteiger charge is -2.12. The van der Waals surface area contributed by atoms with Crippen molar-refractivity contribution in [2.24, 2.45) is 0 Å². The number of methoxy groups -OCH3 is 2. The lowest BCUT2D eigenvalue weighted by Crippen LogP contribution is -2.14. The predicted molar refractivity (Wildman–Crippen MR) is 102 cm³/mol. The van der Waals surface area contributed by atoms with Crippen LogP contribution >= 0.6 is 23.4 Å². The third-order valence-corrected chi connectivity index (χ3v) is 4.62. The Morgan fingerprint density at radius 2 is 1.81 bits per heavy atom. The van der Waals surface area contributed by atoms with Gasteiger partial charge in [0.05, 0.1) is 25.7 Å². The molecule has 0 aliphatic carbocycles. The van der Waals surface area contributed by atoms with Crippen molar-refractivity contribution in [1.82, 2.24) is 0 Å². The van der Waals surface area contributed by atoms with E-state index < -0.39 is 6.61 Å². The summed E-state index contributed by atoms with van der Waals surface area (Å²) >= 11 is 7.29. The van der Waals surface area contributed by atoms with E-state index in [0.29, 0.717) is 22.2 Å². The highest BCUT2D eigenvalue weighted by atomic mass is 35.5. The number of rotatable bonds is 9. The molecular weight excluding hydrogens is 400 g/mol. The molecule has 0 bridgehead atoms. The number of thioether (sulfide) groups is 1. The number of hydrogen-bond acceptors (Lipinski definition) is 5. The molecule has 2 rings (SSSR count). The van der Waals surface area contributed by atoms with Crippen molar-refractivity contribution in [2.75, 3.05) is 25.3 Å². The minimum atomic E-state index is -2.92. The Hall–Kier alpha value is -2.19. The first kappa shape index (κ1) is 21.1. The highest BCUT2D eigenvalue weighted by Crippen LogP contribution is 2.31. The molecular formula is C18H18ClF2NO4S. The van der Waals surface area contributed by atoms with Crippen LogP contribution in [0.2, 0.25) is 5.02 Å². The minimum Gasteiger partial charge on any atom is -0.495 e. The van der Waals surface area contributed by atoms with Crippen molar-refractivity contribution in [3.05, 3.63) is 47.0 Å². The van der Waals surface area contributed by atoms with Gasteiger partial charge in [-0.25, -0.2) is 0 Å². The second-order valence-corrected chi connectivity index (χ2v) is 6.67. The maximum atomic E-state index is 12.3. The Morgan fingerprint density at radius 1 is 1.11 bits per heavy atom. The molecule has 1 amide bonds. The van der Waals surface area contributed by atoms with Crippen LogP contribution in [0, 0.1) is 0 Å². The van der Waals surface area contributed by atoms with Crippen molar-refractivity contribution < 1.29 is 27.8 Å². The molecule has 0 saturated heterocycles. The first-order chi connectivity index (χ1) is 12.9. The summed E-state index contributed by atoms with van der Waals surface area (Å²) in [6, 6.07) is 9.60. The van der Waals surface area contributed by atoms with E-state index in [-0.39, 0.29) is 23.2 Å². The largest absolute Gasteiger partial charge is 0.495 e. The number of anilines is 1. The molecule has 0 unspecified atom stereocenters. The molecule has 0 aliphatic heterocycles. The van der Waals surface area contributed by atoms with E-state index in [4.69, 9.17) is 21.1 Å². The molecule has 0 spiro atoms. The summed E-state index contributed by atoms with van der Waals surface area (Å²) in [7, 11) is 2.87. The number of halogens is 3. The van der Waals surface area contributed by atoms with Crippen molar-refractivity contribution >= 4 is 35.0 Å². The Morgan fingerprint density at radius 3 is 2.48 bits per heavy atom. The van der Waals surface area contributed by atoms with Gasteiger partial charge in [-0.05, 0) is 35.9 Å². The highest BCUT2D eigenvalue weighted by molar-refractivity contribution is 7.99. The zero-order valence-corrected chi connectivity index (χ0v) is 16.2. The van der Waals surface area contributed by atoms with Gasteiger partial charge >= 0.3 is 6.61 Å². The monoisotopic (exact) mass is 417 g/mol. The molecule has 0 saturated carbocycles. The van der Waals surface area contributed by atoms with Gasteiger partial charge in [0.15, 0.2) is 11.5 Å². The molecule has 1 N–H and O–H groups in total. The first-order valence-corrected chi connectivity index (χ1v) is 9.29. The van der Waals surface area contributed by atoms with Gasteiger partial charge in [-0.3, -0.25) is 4.79 Å². The average molecular weight is 418 g/mol. The van der Waals surface area contributed by atoms with Crippen LogP contribution in [0.15, 0.2) is 36.4 Å². The summed E-state index contributed by atoms with van der Waals surface area (Å²) in [4.78, 5) is 12.1. The number of alkyl halides is 2. The summed E-state index contributed by atoms with van der Waals surface area (Å²) in [5.74, 6) is 1.15. The van der Waals surface area contributed by atoms with E-state index in [1.54, 1.807) is 30.3 Å². The maximum absolute atomic E-state index is 12.3. The minimum absolute atomic E-state index is 0.0351. The van der Waals surface area contributed by atoms with E-state index in [1.807, 2.05) is 0 Å². The van der Waals surface area contributed by atoms with Crippen molar-refractivity contribution in [3.8, 4) is 17.2 Å². The van der Waals surface area contributed by atoms with Crippen LogP contribution in [0.1, 0.15) is 5.56 Å². The Labute approximate surface area is 164 Å². The van der Waals surface area contributed by atoms with Gasteiger partial charge in [0.1, 0.15) is 5.75 Å². The van der Waals surface area contributed by atoms with E-state index >= 15 is 0 Å². The number of ether oxygens (including phenoxy) is 3. The Kier molecular flexibility index (Phi) is 7.99. The van der Waals surface area contributed by atoms with E-state index in [0.717, 1.165) is 5.56 Å². The van der Waals surface area contributed by atoms with Crippen LogP contribution in [0.3, 0.4) is 0 Å². The zero-order chi connectivity index (χ0) is 19.8. The van der Waals surface area contributed by atoms with Crippen molar-refractivity contribution in [1.29, 1.82) is 0 Å². The molecule has 5 nitrogen and oxygen atoms in total. The molecule has 0 radical (unpaired) electrons. The first-order valence-electron chi connectivity index (χ1n) is 7.75. The van der Waals surface area contributed by atoms with Gasteiger partial charge in [0.2, 0.25) is 5.91 Å². The van der Waals surface area contributed by atoms with Gasteiger partial charge in [0.25, 0.3) is 0 Å². The number of benzene rings is 2. The normalized spacial score (nSPS) is 10.6. The molecule has 9 heteroatoms.